The molecule has 9 nitrogen and oxygen atoms in total. The van der Waals surface area contributed by atoms with E-state index in [4.69, 9.17) is 16.3 Å². The number of anilines is 1. The molecule has 47 heavy (non-hydrogen) atoms. The van der Waals surface area contributed by atoms with Gasteiger partial charge in [0.15, 0.2) is 6.61 Å². The average molecular weight is 679 g/mol. The molecule has 250 valence electrons. The van der Waals surface area contributed by atoms with Crippen LogP contribution < -0.4 is 15.0 Å². The Bertz CT molecular complexity index is 1670. The zero-order valence-electron chi connectivity index (χ0n) is 26.8. The third-order valence-electron chi connectivity index (χ3n) is 9.82. The Morgan fingerprint density at radius 1 is 0.957 bits per heavy atom. The van der Waals surface area contributed by atoms with Crippen molar-refractivity contribution in [2.75, 3.05) is 50.8 Å². The van der Waals surface area contributed by atoms with E-state index in [9.17, 15) is 18.0 Å². The molecule has 3 aromatic rings. The van der Waals surface area contributed by atoms with Crippen LogP contribution >= 0.6 is 11.6 Å². The number of sulfonamides is 1. The van der Waals surface area contributed by atoms with Crippen LogP contribution in [-0.4, -0.2) is 81.4 Å². The first kappa shape index (κ1) is 33.5. The molecule has 0 radical (unpaired) electrons. The molecule has 0 spiro atoms. The summed E-state index contributed by atoms with van der Waals surface area (Å²) in [7, 11) is -3.38. The number of ether oxygens (including phenoxy) is 1. The minimum absolute atomic E-state index is 0.00665. The summed E-state index contributed by atoms with van der Waals surface area (Å²) < 4.78 is 33.1. The lowest BCUT2D eigenvalue weighted by molar-refractivity contribution is -0.121. The number of amides is 2. The number of halogens is 1. The summed E-state index contributed by atoms with van der Waals surface area (Å²) >= 11 is 6.38. The first-order chi connectivity index (χ1) is 22.7. The predicted molar refractivity (Wildman–Crippen MR) is 184 cm³/mol. The Hall–Kier alpha value is -3.44. The van der Waals surface area contributed by atoms with Gasteiger partial charge in [-0.1, -0.05) is 60.1 Å². The lowest BCUT2D eigenvalue weighted by Gasteiger charge is -2.39. The number of hydrogen-bond donors (Lipinski definition) is 1. The second-order valence-electron chi connectivity index (χ2n) is 12.9. The molecule has 0 aromatic heterocycles. The Morgan fingerprint density at radius 2 is 1.66 bits per heavy atom. The fraction of sp³-hybridized carbons (Fsp3) is 0.444. The first-order valence-corrected chi connectivity index (χ1v) is 18.5. The van der Waals surface area contributed by atoms with Gasteiger partial charge in [-0.2, -0.15) is 0 Å². The number of likely N-dealkylation sites (tertiary alicyclic amines) is 1. The minimum atomic E-state index is -3.38. The van der Waals surface area contributed by atoms with Gasteiger partial charge in [-0.3, -0.25) is 14.5 Å². The van der Waals surface area contributed by atoms with Crippen molar-refractivity contribution >= 4 is 39.1 Å². The third kappa shape index (κ3) is 8.00. The van der Waals surface area contributed by atoms with E-state index in [1.54, 1.807) is 10.4 Å². The molecule has 1 unspecified atom stereocenters. The maximum atomic E-state index is 13.5. The molecule has 0 aliphatic carbocycles. The molecule has 3 aliphatic heterocycles. The molecular weight excluding hydrogens is 636 g/mol. The highest BCUT2D eigenvalue weighted by molar-refractivity contribution is 7.88. The first-order valence-electron chi connectivity index (χ1n) is 16.5. The average Bonchev–Trinajstić information content (AvgIpc) is 3.09. The van der Waals surface area contributed by atoms with Gasteiger partial charge in [-0.05, 0) is 92.9 Å². The minimum Gasteiger partial charge on any atom is -0.482 e. The van der Waals surface area contributed by atoms with Crippen LogP contribution in [0.3, 0.4) is 0 Å². The van der Waals surface area contributed by atoms with Crippen LogP contribution in [0.5, 0.6) is 5.75 Å². The van der Waals surface area contributed by atoms with E-state index in [0.717, 1.165) is 48.5 Å². The lowest BCUT2D eigenvalue weighted by Crippen LogP contribution is -2.49. The van der Waals surface area contributed by atoms with E-state index in [-0.39, 0.29) is 42.1 Å². The molecule has 1 N–H and O–H groups in total. The molecule has 3 aliphatic rings. The van der Waals surface area contributed by atoms with E-state index >= 15 is 0 Å². The summed E-state index contributed by atoms with van der Waals surface area (Å²) in [5.74, 6) is 1.01. The van der Waals surface area contributed by atoms with Crippen LogP contribution in [0.2, 0.25) is 5.02 Å². The largest absolute Gasteiger partial charge is 0.482 e. The van der Waals surface area contributed by atoms with Gasteiger partial charge in [-0.15, -0.1) is 0 Å². The number of fused-ring (bicyclic) bond motifs is 1. The van der Waals surface area contributed by atoms with Gasteiger partial charge >= 0.3 is 0 Å². The van der Waals surface area contributed by atoms with Gasteiger partial charge in [0.05, 0.1) is 11.4 Å². The second kappa shape index (κ2) is 14.8. The van der Waals surface area contributed by atoms with Crippen LogP contribution in [0.1, 0.15) is 60.0 Å². The molecule has 0 saturated carbocycles. The topological polar surface area (TPSA) is 99.3 Å². The Kier molecular flexibility index (Phi) is 10.5. The molecule has 6 rings (SSSR count). The van der Waals surface area contributed by atoms with Crippen molar-refractivity contribution in [3.63, 3.8) is 0 Å². The van der Waals surface area contributed by atoms with Crippen molar-refractivity contribution < 1.29 is 22.7 Å². The Balaban J connectivity index is 1.01. The van der Waals surface area contributed by atoms with Crippen molar-refractivity contribution in [3.8, 4) is 5.75 Å². The highest BCUT2D eigenvalue weighted by Crippen LogP contribution is 2.35. The molecule has 3 aromatic carbocycles. The van der Waals surface area contributed by atoms with E-state index < -0.39 is 10.0 Å². The monoisotopic (exact) mass is 678 g/mol. The smallest absolute Gasteiger partial charge is 0.265 e. The maximum absolute atomic E-state index is 13.5. The van der Waals surface area contributed by atoms with Gasteiger partial charge in [0.1, 0.15) is 5.75 Å². The summed E-state index contributed by atoms with van der Waals surface area (Å²) in [4.78, 5) is 30.5. The number of nitrogens with zero attached hydrogens (tertiary/aromatic N) is 3. The molecule has 0 bridgehead atoms. The van der Waals surface area contributed by atoms with Crippen LogP contribution in [-0.2, 0) is 20.6 Å². The standard InChI is InChI=1S/C36H43ClN4O5S/c1-26(23-41-33-9-5-6-10-34(33)46-24-35(41)42)39-17-15-29(16-18-39)31-12-11-30(37)21-32(31)36(43)38-22-27-13-19-40(20-14-27)47(44,45)25-28-7-3-2-4-8-28/h2-12,21,26-27,29H,13-20,22-25H2,1H3,(H,38,43). The SMILES string of the molecule is CC(CN1C(=O)COc2ccccc21)N1CCC(c2ccc(Cl)cc2C(=O)NCC2CCN(S(=O)(=O)Cc3ccccc3)CC2)CC1. The zero-order chi connectivity index (χ0) is 33.0. The number of carbonyl (C=O) groups excluding carboxylic acids is 2. The number of rotatable bonds is 10. The van der Waals surface area contributed by atoms with Crippen molar-refractivity contribution in [2.24, 2.45) is 5.92 Å². The quantitative estimate of drug-likeness (QED) is 0.312. The van der Waals surface area contributed by atoms with Gasteiger partial charge in [0.2, 0.25) is 10.0 Å². The summed E-state index contributed by atoms with van der Waals surface area (Å²) in [6, 6.07) is 22.7. The van der Waals surface area contributed by atoms with Gasteiger partial charge in [0, 0.05) is 42.8 Å². The van der Waals surface area contributed by atoms with Crippen molar-refractivity contribution in [3.05, 3.63) is 94.5 Å². The van der Waals surface area contributed by atoms with Gasteiger partial charge in [0.25, 0.3) is 11.8 Å². The number of hydrogen-bond acceptors (Lipinski definition) is 6. The molecule has 2 saturated heterocycles. The number of nitrogens with one attached hydrogen (secondary N) is 1. The van der Waals surface area contributed by atoms with E-state index in [2.05, 4.69) is 17.1 Å². The number of benzene rings is 3. The normalized spacial score (nSPS) is 19.2. The Morgan fingerprint density at radius 3 is 2.40 bits per heavy atom. The van der Waals surface area contributed by atoms with E-state index in [1.807, 2.05) is 71.6 Å². The third-order valence-corrected chi connectivity index (χ3v) is 11.9. The van der Waals surface area contributed by atoms with E-state index in [1.165, 1.54) is 0 Å². The summed E-state index contributed by atoms with van der Waals surface area (Å²) in [6.45, 7) is 5.96. The summed E-state index contributed by atoms with van der Waals surface area (Å²) in [5, 5.41) is 3.66. The maximum Gasteiger partial charge on any atom is 0.265 e. The molecule has 11 heteroatoms. The predicted octanol–water partition coefficient (Wildman–Crippen LogP) is 5.31. The summed E-state index contributed by atoms with van der Waals surface area (Å²) in [6.07, 6.45) is 3.20. The molecular formula is C36H43ClN4O5S. The molecule has 1 atom stereocenters. The van der Waals surface area contributed by atoms with Gasteiger partial charge in [-0.25, -0.2) is 12.7 Å². The van der Waals surface area contributed by atoms with E-state index in [0.29, 0.717) is 49.6 Å². The lowest BCUT2D eigenvalue weighted by atomic mass is 9.85. The molecule has 2 amide bonds. The number of para-hydroxylation sites is 2. The highest BCUT2D eigenvalue weighted by Gasteiger charge is 2.32. The highest BCUT2D eigenvalue weighted by atomic mass is 35.5. The summed E-state index contributed by atoms with van der Waals surface area (Å²) in [5.41, 5.74) is 3.23. The van der Waals surface area contributed by atoms with Crippen LogP contribution in [0.4, 0.5) is 5.69 Å². The number of piperidine rings is 2. The van der Waals surface area contributed by atoms with Crippen LogP contribution in [0.15, 0.2) is 72.8 Å². The fourth-order valence-corrected chi connectivity index (χ4v) is 8.80. The van der Waals surface area contributed by atoms with Crippen LogP contribution in [0, 0.1) is 5.92 Å². The fourth-order valence-electron chi connectivity index (χ4n) is 7.07. The van der Waals surface area contributed by atoms with Crippen LogP contribution in [0.25, 0.3) is 0 Å². The molecule has 2 fully saturated rings. The zero-order valence-corrected chi connectivity index (χ0v) is 28.4. The van der Waals surface area contributed by atoms with Crippen molar-refractivity contribution in [1.82, 2.24) is 14.5 Å². The van der Waals surface area contributed by atoms with Crippen molar-refractivity contribution in [1.29, 1.82) is 0 Å². The number of carbonyl (C=O) groups is 2. The molecule has 3 heterocycles. The second-order valence-corrected chi connectivity index (χ2v) is 15.4. The Labute approximate surface area is 282 Å². The van der Waals surface area contributed by atoms with Gasteiger partial charge < -0.3 is 15.0 Å². The van der Waals surface area contributed by atoms with Crippen molar-refractivity contribution in [2.45, 2.75) is 50.3 Å².